The SMILES string of the molecule is c1ccc([C+]2CC3CCC2C3)cc1. The number of benzene rings is 1. The zero-order valence-electron chi connectivity index (χ0n) is 7.87. The first-order valence-corrected chi connectivity index (χ1v) is 5.34. The van der Waals surface area contributed by atoms with E-state index in [0.717, 1.165) is 11.8 Å². The summed E-state index contributed by atoms with van der Waals surface area (Å²) in [5.41, 5.74) is 1.51. The Balaban J connectivity index is 1.87. The van der Waals surface area contributed by atoms with E-state index in [1.54, 1.807) is 5.92 Å². The Kier molecular flexibility index (Phi) is 1.61. The zero-order chi connectivity index (χ0) is 8.67. The Morgan fingerprint density at radius 2 is 1.92 bits per heavy atom. The molecule has 2 aliphatic carbocycles. The molecule has 1 aromatic rings. The summed E-state index contributed by atoms with van der Waals surface area (Å²) in [6.07, 6.45) is 5.80. The van der Waals surface area contributed by atoms with Gasteiger partial charge in [-0.3, -0.25) is 0 Å². The molecule has 2 atom stereocenters. The third kappa shape index (κ3) is 1.16. The summed E-state index contributed by atoms with van der Waals surface area (Å²) in [4.78, 5) is 0. The van der Waals surface area contributed by atoms with Crippen molar-refractivity contribution in [3.63, 3.8) is 0 Å². The molecule has 0 nitrogen and oxygen atoms in total. The predicted molar refractivity (Wildman–Crippen MR) is 54.2 cm³/mol. The molecule has 0 spiro atoms. The first-order valence-electron chi connectivity index (χ1n) is 5.34. The second-order valence-electron chi connectivity index (χ2n) is 4.47. The minimum Gasteiger partial charge on any atom is -0.0473 e. The lowest BCUT2D eigenvalue weighted by molar-refractivity contribution is 0.525. The van der Waals surface area contributed by atoms with Crippen molar-refractivity contribution in [3.8, 4) is 0 Å². The highest BCUT2D eigenvalue weighted by atomic mass is 14.4. The van der Waals surface area contributed by atoms with E-state index in [0.29, 0.717) is 0 Å². The van der Waals surface area contributed by atoms with E-state index in [4.69, 9.17) is 0 Å². The Morgan fingerprint density at radius 3 is 2.54 bits per heavy atom. The molecule has 2 aliphatic rings. The first kappa shape index (κ1) is 7.49. The third-order valence-electron chi connectivity index (χ3n) is 3.69. The van der Waals surface area contributed by atoms with Crippen LogP contribution in [0.1, 0.15) is 31.2 Å². The van der Waals surface area contributed by atoms with Crippen LogP contribution >= 0.6 is 0 Å². The average Bonchev–Trinajstić information content (AvgIpc) is 2.80. The van der Waals surface area contributed by atoms with Crippen LogP contribution in [0.3, 0.4) is 0 Å². The smallest absolute Gasteiger partial charge is 0.0473 e. The molecule has 0 amide bonds. The van der Waals surface area contributed by atoms with Gasteiger partial charge in [-0.2, -0.15) is 0 Å². The Bertz CT molecular complexity index is 288. The molecule has 13 heavy (non-hydrogen) atoms. The molecular formula is C13H15+. The Labute approximate surface area is 80.0 Å². The molecular weight excluding hydrogens is 156 g/mol. The van der Waals surface area contributed by atoms with Gasteiger partial charge in [0.2, 0.25) is 0 Å². The van der Waals surface area contributed by atoms with Crippen molar-refractivity contribution in [1.82, 2.24) is 0 Å². The van der Waals surface area contributed by atoms with Crippen molar-refractivity contribution in [1.29, 1.82) is 0 Å². The summed E-state index contributed by atoms with van der Waals surface area (Å²) >= 11 is 0. The average molecular weight is 171 g/mol. The van der Waals surface area contributed by atoms with Gasteiger partial charge in [0.25, 0.3) is 0 Å². The first-order chi connectivity index (χ1) is 6.43. The Morgan fingerprint density at radius 1 is 1.08 bits per heavy atom. The number of hydrogen-bond donors (Lipinski definition) is 0. The van der Waals surface area contributed by atoms with Crippen molar-refractivity contribution in [2.75, 3.05) is 0 Å². The van der Waals surface area contributed by atoms with Gasteiger partial charge in [0, 0.05) is 30.4 Å². The maximum atomic E-state index is 2.27. The molecule has 0 radical (unpaired) electrons. The van der Waals surface area contributed by atoms with E-state index in [1.807, 2.05) is 0 Å². The van der Waals surface area contributed by atoms with Crippen LogP contribution in [0.2, 0.25) is 0 Å². The minimum atomic E-state index is 0.937. The predicted octanol–water partition coefficient (Wildman–Crippen LogP) is 3.43. The van der Waals surface area contributed by atoms with Gasteiger partial charge >= 0.3 is 0 Å². The van der Waals surface area contributed by atoms with Crippen LogP contribution in [0, 0.1) is 17.8 Å². The van der Waals surface area contributed by atoms with Crippen molar-refractivity contribution < 1.29 is 0 Å². The molecule has 0 saturated heterocycles. The van der Waals surface area contributed by atoms with Gasteiger partial charge in [0.1, 0.15) is 5.56 Å². The summed E-state index contributed by atoms with van der Waals surface area (Å²) in [5.74, 6) is 3.71. The molecule has 0 aliphatic heterocycles. The molecule has 1 aromatic carbocycles. The molecule has 2 bridgehead atoms. The number of rotatable bonds is 1. The summed E-state index contributed by atoms with van der Waals surface area (Å²) in [7, 11) is 0. The summed E-state index contributed by atoms with van der Waals surface area (Å²) in [6.45, 7) is 0. The van der Waals surface area contributed by atoms with Gasteiger partial charge in [-0.25, -0.2) is 0 Å². The molecule has 0 heteroatoms. The van der Waals surface area contributed by atoms with Crippen LogP contribution in [0.4, 0.5) is 0 Å². The maximum Gasteiger partial charge on any atom is 0.132 e. The summed E-state index contributed by atoms with van der Waals surface area (Å²) in [6, 6.07) is 11.0. The van der Waals surface area contributed by atoms with Crippen molar-refractivity contribution in [2.24, 2.45) is 11.8 Å². The topological polar surface area (TPSA) is 0 Å². The molecule has 2 fully saturated rings. The van der Waals surface area contributed by atoms with E-state index in [1.165, 1.54) is 31.2 Å². The minimum absolute atomic E-state index is 0.937. The van der Waals surface area contributed by atoms with Gasteiger partial charge in [0.05, 0.1) is 0 Å². The molecule has 66 valence electrons. The van der Waals surface area contributed by atoms with E-state index in [-0.39, 0.29) is 0 Å². The second-order valence-corrected chi connectivity index (χ2v) is 4.47. The largest absolute Gasteiger partial charge is 0.132 e. The van der Waals surface area contributed by atoms with Gasteiger partial charge in [0.15, 0.2) is 0 Å². The fraction of sp³-hybridized carbons (Fsp3) is 0.462. The van der Waals surface area contributed by atoms with Gasteiger partial charge in [-0.1, -0.05) is 0 Å². The number of hydrogen-bond acceptors (Lipinski definition) is 0. The van der Waals surface area contributed by atoms with Crippen molar-refractivity contribution in [2.45, 2.75) is 25.7 Å². The van der Waals surface area contributed by atoms with E-state index in [2.05, 4.69) is 30.3 Å². The van der Waals surface area contributed by atoms with Crippen LogP contribution < -0.4 is 0 Å². The lowest BCUT2D eigenvalue weighted by Crippen LogP contribution is -2.08. The van der Waals surface area contributed by atoms with E-state index < -0.39 is 0 Å². The maximum absolute atomic E-state index is 2.27. The van der Waals surface area contributed by atoms with Gasteiger partial charge in [-0.05, 0) is 43.4 Å². The van der Waals surface area contributed by atoms with Crippen LogP contribution in [-0.2, 0) is 0 Å². The molecule has 2 unspecified atom stereocenters. The lowest BCUT2D eigenvalue weighted by Gasteiger charge is -2.15. The lowest BCUT2D eigenvalue weighted by atomic mass is 9.84. The zero-order valence-corrected chi connectivity index (χ0v) is 7.87. The van der Waals surface area contributed by atoms with Crippen LogP contribution in [0.5, 0.6) is 0 Å². The molecule has 2 saturated carbocycles. The fourth-order valence-electron chi connectivity index (χ4n) is 3.06. The van der Waals surface area contributed by atoms with Gasteiger partial charge in [-0.15, -0.1) is 0 Å². The van der Waals surface area contributed by atoms with Crippen molar-refractivity contribution in [3.05, 3.63) is 41.8 Å². The highest BCUT2D eigenvalue weighted by Crippen LogP contribution is 2.51. The standard InChI is InChI=1S/C13H15/c1-2-4-11(5-3-1)13-9-10-6-7-12(13)8-10/h1-5,10,12H,6-9H2/q+1. The molecule has 0 aromatic heterocycles. The molecule has 3 rings (SSSR count). The third-order valence-corrected chi connectivity index (χ3v) is 3.69. The summed E-state index contributed by atoms with van der Waals surface area (Å²) in [5, 5.41) is 0. The van der Waals surface area contributed by atoms with Gasteiger partial charge < -0.3 is 0 Å². The monoisotopic (exact) mass is 171 g/mol. The van der Waals surface area contributed by atoms with E-state index >= 15 is 0 Å². The van der Waals surface area contributed by atoms with Crippen LogP contribution in [0.15, 0.2) is 30.3 Å². The summed E-state index contributed by atoms with van der Waals surface area (Å²) < 4.78 is 0. The highest BCUT2D eigenvalue weighted by Gasteiger charge is 2.44. The van der Waals surface area contributed by atoms with Crippen LogP contribution in [0.25, 0.3) is 0 Å². The number of fused-ring (bicyclic) bond motifs is 2. The second kappa shape index (κ2) is 2.80. The molecule has 0 N–H and O–H groups in total. The molecule has 0 heterocycles. The Hall–Kier alpha value is -0.910. The van der Waals surface area contributed by atoms with Crippen LogP contribution in [-0.4, -0.2) is 0 Å². The van der Waals surface area contributed by atoms with E-state index in [9.17, 15) is 0 Å². The highest BCUT2D eigenvalue weighted by molar-refractivity contribution is 5.35. The van der Waals surface area contributed by atoms with Crippen molar-refractivity contribution >= 4 is 0 Å². The normalized spacial score (nSPS) is 31.2. The quantitative estimate of drug-likeness (QED) is 0.568. The fourth-order valence-corrected chi connectivity index (χ4v) is 3.06.